The van der Waals surface area contributed by atoms with Crippen molar-refractivity contribution >= 4 is 0 Å². The first-order chi connectivity index (χ1) is 16.0. The Morgan fingerprint density at radius 2 is 1.41 bits per heavy atom. The van der Waals surface area contributed by atoms with Crippen molar-refractivity contribution in [2.75, 3.05) is 0 Å². The number of alkyl halides is 2. The largest absolute Gasteiger partial charge is 0.389 e. The first-order valence-electron chi connectivity index (χ1n) is 11.7. The van der Waals surface area contributed by atoms with E-state index < -0.39 is 52.4 Å². The lowest BCUT2D eigenvalue weighted by atomic mass is 9.77. The molecule has 1 saturated carbocycles. The number of ether oxygens (including phenoxy) is 1. The topological polar surface area (TPSA) is 9.23 Å². The molecule has 0 N–H and O–H groups in total. The Morgan fingerprint density at radius 1 is 0.853 bits per heavy atom. The van der Waals surface area contributed by atoms with E-state index >= 15 is 0 Å². The van der Waals surface area contributed by atoms with Gasteiger partial charge < -0.3 is 4.74 Å². The molecule has 0 radical (unpaired) electrons. The minimum atomic E-state index is -4.43. The molecule has 8 heteroatoms. The molecule has 1 atom stereocenters. The van der Waals surface area contributed by atoms with E-state index in [0.29, 0.717) is 23.6 Å². The summed E-state index contributed by atoms with van der Waals surface area (Å²) in [6.45, 7) is 3.16. The third-order valence-corrected chi connectivity index (χ3v) is 6.69. The summed E-state index contributed by atoms with van der Waals surface area (Å²) < 4.78 is 103. The smallest absolute Gasteiger partial charge is 0.309 e. The minimum absolute atomic E-state index is 0.112. The van der Waals surface area contributed by atoms with E-state index in [1.807, 2.05) is 0 Å². The van der Waals surface area contributed by atoms with Gasteiger partial charge in [0, 0.05) is 0 Å². The second kappa shape index (κ2) is 11.1. The first kappa shape index (κ1) is 26.5. The molecule has 188 valence electrons. The van der Waals surface area contributed by atoms with Crippen molar-refractivity contribution in [1.82, 2.24) is 0 Å². The van der Waals surface area contributed by atoms with Gasteiger partial charge in [0.05, 0.1) is 6.10 Å². The molecule has 34 heavy (non-hydrogen) atoms. The van der Waals surface area contributed by atoms with Gasteiger partial charge in [-0.1, -0.05) is 32.6 Å². The van der Waals surface area contributed by atoms with Crippen molar-refractivity contribution in [2.24, 2.45) is 5.92 Å². The average Bonchev–Trinajstić information content (AvgIpc) is 2.76. The molecule has 2 aromatic rings. The monoisotopic (exact) mass is 490 g/mol. The van der Waals surface area contributed by atoms with Crippen molar-refractivity contribution in [3.63, 3.8) is 0 Å². The summed E-state index contributed by atoms with van der Waals surface area (Å²) >= 11 is 0. The Kier molecular flexibility index (Phi) is 8.66. The van der Waals surface area contributed by atoms with E-state index in [4.69, 9.17) is 0 Å². The van der Waals surface area contributed by atoms with Gasteiger partial charge in [-0.3, -0.25) is 0 Å². The molecule has 1 aliphatic rings. The molecular weight excluding hydrogens is 461 g/mol. The zero-order valence-corrected chi connectivity index (χ0v) is 19.3. The molecule has 0 heterocycles. The normalized spacial score (nSPS) is 19.9. The molecule has 0 saturated heterocycles. The van der Waals surface area contributed by atoms with Crippen LogP contribution in [0.15, 0.2) is 24.3 Å². The van der Waals surface area contributed by atoms with Gasteiger partial charge >= 0.3 is 6.11 Å². The van der Waals surface area contributed by atoms with Crippen LogP contribution in [0, 0.1) is 35.0 Å². The van der Waals surface area contributed by atoms with Crippen LogP contribution in [-0.2, 0) is 10.8 Å². The molecule has 3 rings (SSSR count). The molecular formula is C26H29F7O. The third kappa shape index (κ3) is 6.12. The quantitative estimate of drug-likeness (QED) is 0.194. The Morgan fingerprint density at radius 3 is 1.94 bits per heavy atom. The van der Waals surface area contributed by atoms with Gasteiger partial charge in [-0.25, -0.2) is 22.0 Å². The van der Waals surface area contributed by atoms with E-state index in [-0.39, 0.29) is 5.92 Å². The van der Waals surface area contributed by atoms with Gasteiger partial charge in [0.15, 0.2) is 17.5 Å². The van der Waals surface area contributed by atoms with Crippen molar-refractivity contribution in [3.05, 3.63) is 70.0 Å². The number of halogens is 7. The highest BCUT2D eigenvalue weighted by molar-refractivity contribution is 5.31. The molecule has 0 bridgehead atoms. The lowest BCUT2D eigenvalue weighted by Crippen LogP contribution is -2.24. The lowest BCUT2D eigenvalue weighted by Gasteiger charge is -2.29. The summed E-state index contributed by atoms with van der Waals surface area (Å²) in [7, 11) is 0. The second-order valence-electron chi connectivity index (χ2n) is 9.15. The van der Waals surface area contributed by atoms with Crippen LogP contribution < -0.4 is 0 Å². The number of hydrogen-bond acceptors (Lipinski definition) is 1. The Bertz CT molecular complexity index is 937. The van der Waals surface area contributed by atoms with E-state index in [9.17, 15) is 30.7 Å². The van der Waals surface area contributed by atoms with E-state index in [2.05, 4.69) is 11.7 Å². The fourth-order valence-electron chi connectivity index (χ4n) is 4.73. The summed E-state index contributed by atoms with van der Waals surface area (Å²) in [6, 6.07) is 2.82. The van der Waals surface area contributed by atoms with Crippen LogP contribution in [0.3, 0.4) is 0 Å². The average molecular weight is 491 g/mol. The summed E-state index contributed by atoms with van der Waals surface area (Å²) in [6.07, 6.45) is 1.84. The number of hydrogen-bond donors (Lipinski definition) is 0. The summed E-state index contributed by atoms with van der Waals surface area (Å²) in [5, 5.41) is 0. The van der Waals surface area contributed by atoms with Gasteiger partial charge in [0.25, 0.3) is 0 Å². The van der Waals surface area contributed by atoms with Crippen LogP contribution in [0.2, 0.25) is 0 Å². The maximum absolute atomic E-state index is 14.7. The standard InChI is InChI=1S/C26H29F7O/c1-3-4-5-6-16-7-9-17(10-8-16)19-13-20(27)24(21(28)14-19)26(32,33)34-15(2)18-11-22(29)25(31)23(30)12-18/h11-17H,3-10H2,1-2H3. The van der Waals surface area contributed by atoms with Crippen molar-refractivity contribution in [3.8, 4) is 0 Å². The number of unbranched alkanes of at least 4 members (excludes halogenated alkanes) is 2. The molecule has 1 fully saturated rings. The molecule has 1 nitrogen and oxygen atoms in total. The van der Waals surface area contributed by atoms with E-state index in [1.54, 1.807) is 0 Å². The molecule has 1 unspecified atom stereocenters. The fraction of sp³-hybridized carbons (Fsp3) is 0.538. The van der Waals surface area contributed by atoms with Crippen LogP contribution >= 0.6 is 0 Å². The van der Waals surface area contributed by atoms with Gasteiger partial charge in [-0.05, 0) is 79.8 Å². The third-order valence-electron chi connectivity index (χ3n) is 6.69. The van der Waals surface area contributed by atoms with Crippen molar-refractivity contribution in [2.45, 2.75) is 83.3 Å². The van der Waals surface area contributed by atoms with E-state index in [0.717, 1.165) is 64.0 Å². The molecule has 0 aliphatic heterocycles. The highest BCUT2D eigenvalue weighted by Gasteiger charge is 2.42. The summed E-state index contributed by atoms with van der Waals surface area (Å²) in [5.74, 6) is -7.37. The van der Waals surface area contributed by atoms with Crippen LogP contribution in [-0.4, -0.2) is 0 Å². The summed E-state index contributed by atoms with van der Waals surface area (Å²) in [4.78, 5) is 0. The van der Waals surface area contributed by atoms with Crippen LogP contribution in [0.1, 0.15) is 93.9 Å². The van der Waals surface area contributed by atoms with Gasteiger partial charge in [0.2, 0.25) is 0 Å². The van der Waals surface area contributed by atoms with E-state index in [1.165, 1.54) is 6.42 Å². The predicted molar refractivity (Wildman–Crippen MR) is 115 cm³/mol. The molecule has 0 spiro atoms. The first-order valence-corrected chi connectivity index (χ1v) is 11.7. The molecule has 0 amide bonds. The molecule has 2 aromatic carbocycles. The van der Waals surface area contributed by atoms with Gasteiger partial charge in [-0.2, -0.15) is 8.78 Å². The highest BCUT2D eigenvalue weighted by Crippen LogP contribution is 2.42. The van der Waals surface area contributed by atoms with Crippen LogP contribution in [0.4, 0.5) is 30.7 Å². The SMILES string of the molecule is CCCCCC1CCC(c2cc(F)c(C(F)(F)OC(C)c3cc(F)c(F)c(F)c3)c(F)c2)CC1. The zero-order chi connectivity index (χ0) is 25.0. The Labute approximate surface area is 195 Å². The second-order valence-corrected chi connectivity index (χ2v) is 9.15. The Hall–Kier alpha value is -2.09. The number of rotatable bonds is 9. The van der Waals surface area contributed by atoms with Gasteiger partial charge in [-0.15, -0.1) is 0 Å². The lowest BCUT2D eigenvalue weighted by molar-refractivity contribution is -0.275. The van der Waals surface area contributed by atoms with Crippen molar-refractivity contribution in [1.29, 1.82) is 0 Å². The van der Waals surface area contributed by atoms with Gasteiger partial charge in [0.1, 0.15) is 17.2 Å². The van der Waals surface area contributed by atoms with Crippen LogP contribution in [0.25, 0.3) is 0 Å². The predicted octanol–water partition coefficient (Wildman–Crippen LogP) is 9.06. The maximum atomic E-state index is 14.7. The van der Waals surface area contributed by atoms with Crippen LogP contribution in [0.5, 0.6) is 0 Å². The van der Waals surface area contributed by atoms with Crippen molar-refractivity contribution < 1.29 is 35.5 Å². The highest BCUT2D eigenvalue weighted by atomic mass is 19.3. The molecule has 1 aliphatic carbocycles. The maximum Gasteiger partial charge on any atom is 0.389 e. The number of benzene rings is 2. The summed E-state index contributed by atoms with van der Waals surface area (Å²) in [5.41, 5.74) is -1.68. The zero-order valence-electron chi connectivity index (χ0n) is 19.3. The Balaban J connectivity index is 1.72. The fourth-order valence-corrected chi connectivity index (χ4v) is 4.73. The molecule has 0 aromatic heterocycles. The minimum Gasteiger partial charge on any atom is -0.309 e.